The van der Waals surface area contributed by atoms with Crippen molar-refractivity contribution in [1.29, 1.82) is 0 Å². The zero-order chi connectivity index (χ0) is 19.4. The van der Waals surface area contributed by atoms with Crippen LogP contribution in [0.15, 0.2) is 54.6 Å². The van der Waals surface area contributed by atoms with Gasteiger partial charge in [-0.05, 0) is 37.6 Å². The zero-order valence-electron chi connectivity index (χ0n) is 14.8. The molecule has 0 saturated heterocycles. The summed E-state index contributed by atoms with van der Waals surface area (Å²) in [5.74, 6) is -2.25. The highest BCUT2D eigenvalue weighted by molar-refractivity contribution is 6.03. The number of hydrogen-bond donors (Lipinski definition) is 2. The molecule has 0 aliphatic heterocycles. The Balaban J connectivity index is 1.78. The number of carbonyl (C=O) groups is 1. The molecule has 1 amide bonds. The minimum Gasteiger partial charge on any atom is -0.348 e. The van der Waals surface area contributed by atoms with E-state index < -0.39 is 17.5 Å². The van der Waals surface area contributed by atoms with Crippen LogP contribution in [0.5, 0.6) is 0 Å². The van der Waals surface area contributed by atoms with Crippen LogP contribution in [-0.2, 0) is 0 Å². The van der Waals surface area contributed by atoms with Crippen LogP contribution >= 0.6 is 0 Å². The highest BCUT2D eigenvalue weighted by Crippen LogP contribution is 2.18. The first-order chi connectivity index (χ1) is 12.9. The van der Waals surface area contributed by atoms with E-state index in [1.54, 1.807) is 6.92 Å². The van der Waals surface area contributed by atoms with Crippen molar-refractivity contribution in [3.63, 3.8) is 0 Å². The summed E-state index contributed by atoms with van der Waals surface area (Å²) in [5, 5.41) is 5.66. The fraction of sp³-hybridized carbons (Fsp3) is 0.150. The van der Waals surface area contributed by atoms with E-state index in [1.165, 1.54) is 12.1 Å². The molecule has 1 atom stereocenters. The predicted octanol–water partition coefficient (Wildman–Crippen LogP) is 4.49. The van der Waals surface area contributed by atoms with E-state index in [9.17, 15) is 13.6 Å². The Morgan fingerprint density at radius 1 is 1.00 bits per heavy atom. The van der Waals surface area contributed by atoms with Crippen molar-refractivity contribution in [2.45, 2.75) is 19.9 Å². The van der Waals surface area contributed by atoms with Gasteiger partial charge < -0.3 is 10.6 Å². The first-order valence-corrected chi connectivity index (χ1v) is 8.36. The van der Waals surface area contributed by atoms with E-state index in [4.69, 9.17) is 0 Å². The SMILES string of the molecule is Cc1cc(C(=O)Nc2ccc(F)c(F)c2)nc(NC(C)c2ccccc2)n1. The molecule has 3 rings (SSSR count). The van der Waals surface area contributed by atoms with Gasteiger partial charge in [0, 0.05) is 17.4 Å². The van der Waals surface area contributed by atoms with E-state index >= 15 is 0 Å². The third-order valence-corrected chi connectivity index (χ3v) is 3.91. The molecule has 1 aromatic heterocycles. The van der Waals surface area contributed by atoms with Crippen molar-refractivity contribution >= 4 is 17.5 Å². The Bertz CT molecular complexity index is 963. The molecule has 0 bridgehead atoms. The summed E-state index contributed by atoms with van der Waals surface area (Å²) in [7, 11) is 0. The van der Waals surface area contributed by atoms with Crippen LogP contribution in [0, 0.1) is 18.6 Å². The number of rotatable bonds is 5. The van der Waals surface area contributed by atoms with Gasteiger partial charge in [0.2, 0.25) is 5.95 Å². The molecule has 7 heteroatoms. The van der Waals surface area contributed by atoms with Crippen LogP contribution in [0.4, 0.5) is 20.4 Å². The lowest BCUT2D eigenvalue weighted by Crippen LogP contribution is -2.17. The molecule has 27 heavy (non-hydrogen) atoms. The van der Waals surface area contributed by atoms with Crippen molar-refractivity contribution in [2.75, 3.05) is 10.6 Å². The number of amides is 1. The van der Waals surface area contributed by atoms with Gasteiger partial charge in [-0.25, -0.2) is 18.7 Å². The van der Waals surface area contributed by atoms with Gasteiger partial charge in [0.05, 0.1) is 6.04 Å². The molecule has 2 N–H and O–H groups in total. The highest BCUT2D eigenvalue weighted by Gasteiger charge is 2.14. The topological polar surface area (TPSA) is 66.9 Å². The minimum atomic E-state index is -1.04. The maximum atomic E-state index is 13.3. The number of carbonyl (C=O) groups excluding carboxylic acids is 1. The number of nitrogens with zero attached hydrogens (tertiary/aromatic N) is 2. The van der Waals surface area contributed by atoms with E-state index in [0.717, 1.165) is 17.7 Å². The number of nitrogens with one attached hydrogen (secondary N) is 2. The average Bonchev–Trinajstić information content (AvgIpc) is 2.65. The van der Waals surface area contributed by atoms with Crippen molar-refractivity contribution in [3.05, 3.63) is 83.2 Å². The summed E-state index contributed by atoms with van der Waals surface area (Å²) >= 11 is 0. The van der Waals surface area contributed by atoms with Crippen molar-refractivity contribution in [3.8, 4) is 0 Å². The monoisotopic (exact) mass is 368 g/mol. The second-order valence-electron chi connectivity index (χ2n) is 6.08. The Labute approximate surface area is 155 Å². The second-order valence-corrected chi connectivity index (χ2v) is 6.08. The van der Waals surface area contributed by atoms with E-state index in [0.29, 0.717) is 11.6 Å². The highest BCUT2D eigenvalue weighted by atomic mass is 19.2. The molecule has 1 heterocycles. The Morgan fingerprint density at radius 3 is 2.44 bits per heavy atom. The standard InChI is InChI=1S/C20H18F2N4O/c1-12-10-18(19(27)25-15-8-9-16(21)17(22)11-15)26-20(23-12)24-13(2)14-6-4-3-5-7-14/h3-11,13H,1-2H3,(H,25,27)(H,23,24,26). The van der Waals surface area contributed by atoms with E-state index in [-0.39, 0.29) is 17.4 Å². The zero-order valence-corrected chi connectivity index (χ0v) is 14.8. The van der Waals surface area contributed by atoms with E-state index in [2.05, 4.69) is 20.6 Å². The molecule has 2 aromatic carbocycles. The van der Waals surface area contributed by atoms with Crippen LogP contribution in [0.1, 0.15) is 34.7 Å². The molecule has 0 saturated carbocycles. The minimum absolute atomic E-state index is 0.0601. The molecule has 1 unspecified atom stereocenters. The molecule has 0 radical (unpaired) electrons. The van der Waals surface area contributed by atoms with Gasteiger partial charge >= 0.3 is 0 Å². The maximum Gasteiger partial charge on any atom is 0.274 e. The molecule has 0 aliphatic rings. The van der Waals surface area contributed by atoms with Gasteiger partial charge in [-0.2, -0.15) is 0 Å². The molecule has 138 valence electrons. The molecule has 0 aliphatic carbocycles. The van der Waals surface area contributed by atoms with Gasteiger partial charge in [-0.15, -0.1) is 0 Å². The molecule has 0 spiro atoms. The van der Waals surface area contributed by atoms with E-state index in [1.807, 2.05) is 37.3 Å². The molecular formula is C20H18F2N4O. The van der Waals surface area contributed by atoms with Crippen LogP contribution in [-0.4, -0.2) is 15.9 Å². The molecule has 0 fully saturated rings. The van der Waals surface area contributed by atoms with Gasteiger partial charge in [-0.1, -0.05) is 30.3 Å². The number of hydrogen-bond acceptors (Lipinski definition) is 4. The van der Waals surface area contributed by atoms with Gasteiger partial charge in [0.1, 0.15) is 5.69 Å². The van der Waals surface area contributed by atoms with Crippen LogP contribution in [0.25, 0.3) is 0 Å². The first kappa shape index (κ1) is 18.4. The number of aryl methyl sites for hydroxylation is 1. The number of benzene rings is 2. The third-order valence-electron chi connectivity index (χ3n) is 3.91. The Morgan fingerprint density at radius 2 is 1.74 bits per heavy atom. The first-order valence-electron chi connectivity index (χ1n) is 8.36. The summed E-state index contributed by atoms with van der Waals surface area (Å²) in [6.07, 6.45) is 0. The lowest BCUT2D eigenvalue weighted by molar-refractivity contribution is 0.102. The predicted molar refractivity (Wildman–Crippen MR) is 99.6 cm³/mol. The third kappa shape index (κ3) is 4.63. The summed E-state index contributed by atoms with van der Waals surface area (Å²) in [6.45, 7) is 3.70. The smallest absolute Gasteiger partial charge is 0.274 e. The van der Waals surface area contributed by atoms with Crippen molar-refractivity contribution in [1.82, 2.24) is 9.97 Å². The second kappa shape index (κ2) is 7.90. The fourth-order valence-corrected chi connectivity index (χ4v) is 2.54. The number of halogens is 2. The average molecular weight is 368 g/mol. The van der Waals surface area contributed by atoms with Gasteiger partial charge in [0.25, 0.3) is 5.91 Å². The van der Waals surface area contributed by atoms with Gasteiger partial charge in [-0.3, -0.25) is 4.79 Å². The van der Waals surface area contributed by atoms with Crippen LogP contribution in [0.2, 0.25) is 0 Å². The molecular weight excluding hydrogens is 350 g/mol. The quantitative estimate of drug-likeness (QED) is 0.696. The summed E-state index contributed by atoms with van der Waals surface area (Å²) in [5.41, 5.74) is 1.91. The van der Waals surface area contributed by atoms with Crippen LogP contribution in [0.3, 0.4) is 0 Å². The summed E-state index contributed by atoms with van der Waals surface area (Å²) in [6, 6.07) is 14.4. The molecule has 5 nitrogen and oxygen atoms in total. The number of anilines is 2. The number of aromatic nitrogens is 2. The normalized spacial score (nSPS) is 11.7. The fourth-order valence-electron chi connectivity index (χ4n) is 2.54. The summed E-state index contributed by atoms with van der Waals surface area (Å²) < 4.78 is 26.3. The maximum absolute atomic E-state index is 13.3. The van der Waals surface area contributed by atoms with Crippen molar-refractivity contribution in [2.24, 2.45) is 0 Å². The largest absolute Gasteiger partial charge is 0.348 e. The molecule has 3 aromatic rings. The summed E-state index contributed by atoms with van der Waals surface area (Å²) in [4.78, 5) is 21.0. The lowest BCUT2D eigenvalue weighted by atomic mass is 10.1. The van der Waals surface area contributed by atoms with Crippen molar-refractivity contribution < 1.29 is 13.6 Å². The van der Waals surface area contributed by atoms with Gasteiger partial charge in [0.15, 0.2) is 11.6 Å². The lowest BCUT2D eigenvalue weighted by Gasteiger charge is -2.15. The Kier molecular flexibility index (Phi) is 5.40. The Hall–Kier alpha value is -3.35. The van der Waals surface area contributed by atoms with Crippen LogP contribution < -0.4 is 10.6 Å².